The molecule has 0 bridgehead atoms. The number of aromatic amines is 1. The van der Waals surface area contributed by atoms with Crippen LogP contribution in [0.1, 0.15) is 57.2 Å². The number of amides is 2. The Bertz CT molecular complexity index is 837. The second-order valence-electron chi connectivity index (χ2n) is 8.23. The van der Waals surface area contributed by atoms with E-state index in [2.05, 4.69) is 16.4 Å². The molecule has 0 unspecified atom stereocenters. The van der Waals surface area contributed by atoms with Gasteiger partial charge in [-0.2, -0.15) is 0 Å². The zero-order valence-corrected chi connectivity index (χ0v) is 17.8. The van der Waals surface area contributed by atoms with E-state index in [1.165, 1.54) is 19.3 Å². The molecule has 1 fully saturated rings. The summed E-state index contributed by atoms with van der Waals surface area (Å²) in [5.74, 6) is -0.242. The van der Waals surface area contributed by atoms with Crippen molar-refractivity contribution in [2.24, 2.45) is 0 Å². The summed E-state index contributed by atoms with van der Waals surface area (Å²) in [4.78, 5) is 29.9. The van der Waals surface area contributed by atoms with E-state index in [9.17, 15) is 9.59 Å². The lowest BCUT2D eigenvalue weighted by atomic mass is 9.95. The standard InChI is InChI=1S/C23H33N3O3/c1-16(2)29-22(27)15-21-19(18-11-7-8-12-20(18)25-21)13-14-24-23(28)26(3)17-9-5-4-6-10-17/h7-8,11-12,16-17,25H,4-6,9-10,13-15H2,1-3H3,(H,24,28). The molecule has 6 heteroatoms. The van der Waals surface area contributed by atoms with Crippen LogP contribution in [0.15, 0.2) is 24.3 Å². The summed E-state index contributed by atoms with van der Waals surface area (Å²) < 4.78 is 5.31. The van der Waals surface area contributed by atoms with Gasteiger partial charge >= 0.3 is 12.0 Å². The highest BCUT2D eigenvalue weighted by Crippen LogP contribution is 2.24. The number of fused-ring (bicyclic) bond motifs is 1. The molecule has 1 aromatic carbocycles. The third kappa shape index (κ3) is 5.52. The van der Waals surface area contributed by atoms with E-state index in [1.807, 2.05) is 44.0 Å². The van der Waals surface area contributed by atoms with Gasteiger partial charge < -0.3 is 19.9 Å². The number of nitrogens with one attached hydrogen (secondary N) is 2. The van der Waals surface area contributed by atoms with Gasteiger partial charge in [0.2, 0.25) is 0 Å². The Labute approximate surface area is 173 Å². The number of aromatic nitrogens is 1. The smallest absolute Gasteiger partial charge is 0.317 e. The summed E-state index contributed by atoms with van der Waals surface area (Å²) >= 11 is 0. The van der Waals surface area contributed by atoms with Gasteiger partial charge in [0.15, 0.2) is 0 Å². The molecule has 0 atom stereocenters. The monoisotopic (exact) mass is 399 g/mol. The molecular weight excluding hydrogens is 366 g/mol. The van der Waals surface area contributed by atoms with Gasteiger partial charge in [0.05, 0.1) is 12.5 Å². The molecule has 0 saturated heterocycles. The summed E-state index contributed by atoms with van der Waals surface area (Å²) in [5.41, 5.74) is 2.94. The number of hydrogen-bond donors (Lipinski definition) is 2. The molecule has 1 aliphatic rings. The van der Waals surface area contributed by atoms with Crippen molar-refractivity contribution in [3.05, 3.63) is 35.5 Å². The van der Waals surface area contributed by atoms with E-state index in [4.69, 9.17) is 4.74 Å². The normalized spacial score (nSPS) is 14.9. The van der Waals surface area contributed by atoms with Gasteiger partial charge in [0.25, 0.3) is 0 Å². The number of urea groups is 1. The van der Waals surface area contributed by atoms with Crippen LogP contribution in [0.3, 0.4) is 0 Å². The third-order valence-corrected chi connectivity index (χ3v) is 5.68. The lowest BCUT2D eigenvalue weighted by Gasteiger charge is -2.31. The van der Waals surface area contributed by atoms with Gasteiger partial charge in [-0.15, -0.1) is 0 Å². The molecule has 1 heterocycles. The highest BCUT2D eigenvalue weighted by molar-refractivity contribution is 5.86. The zero-order valence-electron chi connectivity index (χ0n) is 17.8. The summed E-state index contributed by atoms with van der Waals surface area (Å²) in [5, 5.41) is 4.14. The topological polar surface area (TPSA) is 74.4 Å². The first-order valence-electron chi connectivity index (χ1n) is 10.7. The van der Waals surface area contributed by atoms with Gasteiger partial charge in [0, 0.05) is 36.2 Å². The molecule has 158 valence electrons. The number of nitrogens with zero attached hydrogens (tertiary/aromatic N) is 1. The van der Waals surface area contributed by atoms with Crippen molar-refractivity contribution in [3.63, 3.8) is 0 Å². The molecule has 1 aliphatic carbocycles. The van der Waals surface area contributed by atoms with Crippen LogP contribution in [-0.4, -0.2) is 47.6 Å². The number of para-hydroxylation sites is 1. The Balaban J connectivity index is 1.64. The average Bonchev–Trinajstić information content (AvgIpc) is 3.04. The van der Waals surface area contributed by atoms with Crippen molar-refractivity contribution >= 4 is 22.9 Å². The molecular formula is C23H33N3O3. The number of hydrogen-bond acceptors (Lipinski definition) is 3. The maximum atomic E-state index is 12.6. The van der Waals surface area contributed by atoms with Crippen molar-refractivity contribution in [1.29, 1.82) is 0 Å². The first-order valence-corrected chi connectivity index (χ1v) is 10.7. The number of benzene rings is 1. The number of rotatable bonds is 7. The largest absolute Gasteiger partial charge is 0.463 e. The van der Waals surface area contributed by atoms with Crippen LogP contribution in [0, 0.1) is 0 Å². The SMILES string of the molecule is CC(C)OC(=O)Cc1[nH]c2ccccc2c1CCNC(=O)N(C)C1CCCCC1. The Kier molecular flexibility index (Phi) is 7.18. The van der Waals surface area contributed by atoms with Crippen LogP contribution in [0.2, 0.25) is 0 Å². The van der Waals surface area contributed by atoms with E-state index in [1.54, 1.807) is 0 Å². The Morgan fingerprint density at radius 3 is 2.66 bits per heavy atom. The summed E-state index contributed by atoms with van der Waals surface area (Å²) in [6, 6.07) is 8.35. The molecule has 0 spiro atoms. The van der Waals surface area contributed by atoms with Crippen molar-refractivity contribution in [1.82, 2.24) is 15.2 Å². The quantitative estimate of drug-likeness (QED) is 0.686. The predicted octanol–water partition coefficient (Wildman–Crippen LogP) is 4.18. The molecule has 0 aliphatic heterocycles. The highest BCUT2D eigenvalue weighted by atomic mass is 16.5. The van der Waals surface area contributed by atoms with Crippen LogP contribution in [0.5, 0.6) is 0 Å². The molecule has 2 aromatic rings. The van der Waals surface area contributed by atoms with E-state index < -0.39 is 0 Å². The van der Waals surface area contributed by atoms with E-state index >= 15 is 0 Å². The molecule has 3 rings (SSSR count). The molecule has 29 heavy (non-hydrogen) atoms. The van der Waals surface area contributed by atoms with E-state index in [-0.39, 0.29) is 24.5 Å². The van der Waals surface area contributed by atoms with Gasteiger partial charge in [-0.25, -0.2) is 4.79 Å². The first-order chi connectivity index (χ1) is 14.0. The Hall–Kier alpha value is -2.50. The Morgan fingerprint density at radius 2 is 1.93 bits per heavy atom. The van der Waals surface area contributed by atoms with Crippen molar-refractivity contribution in [2.75, 3.05) is 13.6 Å². The van der Waals surface area contributed by atoms with Crippen molar-refractivity contribution in [2.45, 2.75) is 70.9 Å². The van der Waals surface area contributed by atoms with Crippen LogP contribution < -0.4 is 5.32 Å². The summed E-state index contributed by atoms with van der Waals surface area (Å²) in [6.45, 7) is 4.23. The average molecular weight is 400 g/mol. The minimum atomic E-state index is -0.242. The minimum Gasteiger partial charge on any atom is -0.463 e. The van der Waals surface area contributed by atoms with Gasteiger partial charge in [-0.3, -0.25) is 4.79 Å². The lowest BCUT2D eigenvalue weighted by molar-refractivity contribution is -0.146. The molecule has 0 radical (unpaired) electrons. The maximum absolute atomic E-state index is 12.6. The van der Waals surface area contributed by atoms with Crippen LogP contribution in [0.4, 0.5) is 4.79 Å². The fraction of sp³-hybridized carbons (Fsp3) is 0.565. The molecule has 1 aromatic heterocycles. The zero-order chi connectivity index (χ0) is 20.8. The molecule has 2 amide bonds. The third-order valence-electron chi connectivity index (χ3n) is 5.68. The van der Waals surface area contributed by atoms with E-state index in [0.717, 1.165) is 35.0 Å². The van der Waals surface area contributed by atoms with Crippen LogP contribution >= 0.6 is 0 Å². The Morgan fingerprint density at radius 1 is 1.21 bits per heavy atom. The summed E-state index contributed by atoms with van der Waals surface area (Å²) in [6.07, 6.45) is 6.60. The molecule has 6 nitrogen and oxygen atoms in total. The van der Waals surface area contributed by atoms with Gasteiger partial charge in [-0.05, 0) is 44.7 Å². The van der Waals surface area contributed by atoms with Crippen LogP contribution in [-0.2, 0) is 22.4 Å². The maximum Gasteiger partial charge on any atom is 0.317 e. The second-order valence-corrected chi connectivity index (χ2v) is 8.23. The van der Waals surface area contributed by atoms with Crippen molar-refractivity contribution < 1.29 is 14.3 Å². The number of ether oxygens (including phenoxy) is 1. The summed E-state index contributed by atoms with van der Waals surface area (Å²) in [7, 11) is 1.89. The lowest BCUT2D eigenvalue weighted by Crippen LogP contribution is -2.44. The number of H-pyrrole nitrogens is 1. The number of carbonyl (C=O) groups excluding carboxylic acids is 2. The van der Waals surface area contributed by atoms with E-state index in [0.29, 0.717) is 19.0 Å². The molecule has 2 N–H and O–H groups in total. The van der Waals surface area contributed by atoms with Gasteiger partial charge in [-0.1, -0.05) is 37.5 Å². The highest BCUT2D eigenvalue weighted by Gasteiger charge is 2.22. The fourth-order valence-electron chi connectivity index (χ4n) is 4.19. The minimum absolute atomic E-state index is 0.0162. The number of esters is 1. The fourth-order valence-corrected chi connectivity index (χ4v) is 4.19. The second kappa shape index (κ2) is 9.81. The van der Waals surface area contributed by atoms with Crippen molar-refractivity contribution in [3.8, 4) is 0 Å². The first kappa shape index (κ1) is 21.2. The molecule has 1 saturated carbocycles. The number of carbonyl (C=O) groups is 2. The van der Waals surface area contributed by atoms with Crippen LogP contribution in [0.25, 0.3) is 10.9 Å². The predicted molar refractivity (Wildman–Crippen MR) is 115 cm³/mol. The van der Waals surface area contributed by atoms with Gasteiger partial charge in [0.1, 0.15) is 0 Å².